The van der Waals surface area contributed by atoms with E-state index in [0.29, 0.717) is 5.82 Å². The van der Waals surface area contributed by atoms with Crippen LogP contribution in [-0.2, 0) is 5.41 Å². The van der Waals surface area contributed by atoms with Crippen LogP contribution in [0.15, 0.2) is 212 Å². The van der Waals surface area contributed by atoms with Crippen molar-refractivity contribution in [2.24, 2.45) is 0 Å². The Kier molecular flexibility index (Phi) is 7.95. The van der Waals surface area contributed by atoms with E-state index in [2.05, 4.69) is 225 Å². The summed E-state index contributed by atoms with van der Waals surface area (Å²) in [5.41, 5.74) is 15.7. The van der Waals surface area contributed by atoms with E-state index >= 15 is 0 Å². The molecule has 0 saturated heterocycles. The largest absolute Gasteiger partial charge is 0.309 e. The number of benzene rings is 10. The Balaban J connectivity index is 1.07. The average molecular weight is 816 g/mol. The van der Waals surface area contributed by atoms with Crippen LogP contribution < -0.4 is 0 Å². The molecule has 64 heavy (non-hydrogen) atoms. The van der Waals surface area contributed by atoms with Crippen LogP contribution in [0.2, 0.25) is 0 Å². The molecule has 1 aliphatic carbocycles. The maximum Gasteiger partial charge on any atom is 0.160 e. The van der Waals surface area contributed by atoms with Crippen LogP contribution >= 0.6 is 0 Å². The molecular formula is C61H41N3. The Morgan fingerprint density at radius 1 is 0.328 bits per heavy atom. The molecule has 0 bridgehead atoms. The number of nitrogens with zero attached hydrogens (tertiary/aromatic N) is 3. The summed E-state index contributed by atoms with van der Waals surface area (Å²) in [7, 11) is 0. The molecule has 0 radical (unpaired) electrons. The fourth-order valence-electron chi connectivity index (χ4n) is 10.7. The molecule has 10 aromatic carbocycles. The van der Waals surface area contributed by atoms with E-state index in [1.165, 1.54) is 65.3 Å². The van der Waals surface area contributed by atoms with Gasteiger partial charge in [0.2, 0.25) is 0 Å². The molecule has 0 spiro atoms. The van der Waals surface area contributed by atoms with Gasteiger partial charge in [-0.1, -0.05) is 178 Å². The third-order valence-electron chi connectivity index (χ3n) is 13.8. The minimum Gasteiger partial charge on any atom is -0.309 e. The summed E-state index contributed by atoms with van der Waals surface area (Å²) in [5.74, 6) is 0.698. The van der Waals surface area contributed by atoms with Crippen LogP contribution in [-0.4, -0.2) is 14.5 Å². The third kappa shape index (κ3) is 5.54. The van der Waals surface area contributed by atoms with Gasteiger partial charge in [-0.2, -0.15) is 0 Å². The SMILES string of the molecule is CC1(C)c2ccccc2-c2ccc(-c3cc(-c4cc(-c5ccc6c7ccccc7c7ccccc7c6c5)cc(-n5c6ccccc6c6ccccc65)c4)nc(-c4ccccc4)n3)cc21. The van der Waals surface area contributed by atoms with E-state index < -0.39 is 0 Å². The highest BCUT2D eigenvalue weighted by molar-refractivity contribution is 6.25. The fourth-order valence-corrected chi connectivity index (χ4v) is 10.7. The van der Waals surface area contributed by atoms with E-state index in [1.54, 1.807) is 0 Å². The van der Waals surface area contributed by atoms with Crippen molar-refractivity contribution in [3.05, 3.63) is 223 Å². The zero-order valence-electron chi connectivity index (χ0n) is 35.5. The molecule has 0 fully saturated rings. The summed E-state index contributed by atoms with van der Waals surface area (Å²) in [6.07, 6.45) is 0. The summed E-state index contributed by atoms with van der Waals surface area (Å²) >= 11 is 0. The van der Waals surface area contributed by atoms with Gasteiger partial charge in [-0.25, -0.2) is 9.97 Å². The first-order valence-electron chi connectivity index (χ1n) is 22.1. The van der Waals surface area contributed by atoms with E-state index in [9.17, 15) is 0 Å². The maximum atomic E-state index is 5.42. The summed E-state index contributed by atoms with van der Waals surface area (Å²) in [6, 6.07) is 77.4. The van der Waals surface area contributed by atoms with Crippen molar-refractivity contribution >= 4 is 54.1 Å². The lowest BCUT2D eigenvalue weighted by Crippen LogP contribution is -2.14. The van der Waals surface area contributed by atoms with Gasteiger partial charge >= 0.3 is 0 Å². The predicted molar refractivity (Wildman–Crippen MR) is 268 cm³/mol. The van der Waals surface area contributed by atoms with Gasteiger partial charge in [0.25, 0.3) is 0 Å². The summed E-state index contributed by atoms with van der Waals surface area (Å²) in [5, 5.41) is 10.0. The second kappa shape index (κ2) is 13.9. The average Bonchev–Trinajstić information content (AvgIpc) is 3.82. The molecule has 1 aliphatic rings. The van der Waals surface area contributed by atoms with Crippen LogP contribution in [0.4, 0.5) is 0 Å². The van der Waals surface area contributed by atoms with Crippen LogP contribution in [0.5, 0.6) is 0 Å². The molecule has 0 unspecified atom stereocenters. The Morgan fingerprint density at radius 2 is 0.844 bits per heavy atom. The monoisotopic (exact) mass is 815 g/mol. The molecule has 0 amide bonds. The summed E-state index contributed by atoms with van der Waals surface area (Å²) in [4.78, 5) is 10.7. The van der Waals surface area contributed by atoms with Crippen LogP contribution in [0, 0.1) is 0 Å². The highest BCUT2D eigenvalue weighted by atomic mass is 15.0. The minimum atomic E-state index is -0.136. The highest BCUT2D eigenvalue weighted by Gasteiger charge is 2.35. The molecule has 0 saturated carbocycles. The van der Waals surface area contributed by atoms with Crippen molar-refractivity contribution in [2.75, 3.05) is 0 Å². The highest BCUT2D eigenvalue weighted by Crippen LogP contribution is 2.50. The molecule has 0 N–H and O–H groups in total. The van der Waals surface area contributed by atoms with E-state index in [0.717, 1.165) is 55.9 Å². The van der Waals surface area contributed by atoms with Gasteiger partial charge in [-0.3, -0.25) is 0 Å². The second-order valence-electron chi connectivity index (χ2n) is 17.7. The van der Waals surface area contributed by atoms with Crippen molar-refractivity contribution in [2.45, 2.75) is 19.3 Å². The van der Waals surface area contributed by atoms with Gasteiger partial charge in [0.1, 0.15) is 0 Å². The standard InChI is InChI=1S/C61H41N3/c1-61(2)54-25-13-10-22-49(54)50-31-29-40(36-55(50)61)56-37-57(63-60(62-56)38-16-4-3-5-17-38)42-32-41(33-43(34-42)64-58-26-14-11-23-51(58)52-24-12-15-27-59(52)64)39-28-30-48-46-20-7-6-18-44(46)45-19-8-9-21-47(45)53(48)35-39/h3-37H,1-2H3. The van der Waals surface area contributed by atoms with Gasteiger partial charge in [-0.05, 0) is 114 Å². The van der Waals surface area contributed by atoms with Crippen LogP contribution in [0.3, 0.4) is 0 Å². The van der Waals surface area contributed by atoms with Gasteiger partial charge < -0.3 is 4.57 Å². The lowest BCUT2D eigenvalue weighted by Gasteiger charge is -2.22. The Bertz CT molecular complexity index is 3790. The molecular weight excluding hydrogens is 775 g/mol. The molecule has 0 atom stereocenters. The van der Waals surface area contributed by atoms with Crippen molar-refractivity contribution in [3.63, 3.8) is 0 Å². The zero-order valence-corrected chi connectivity index (χ0v) is 35.5. The summed E-state index contributed by atoms with van der Waals surface area (Å²) < 4.78 is 2.42. The Hall–Kier alpha value is -8.14. The van der Waals surface area contributed by atoms with Crippen molar-refractivity contribution in [1.82, 2.24) is 14.5 Å². The first kappa shape index (κ1) is 36.5. The number of aromatic nitrogens is 3. The van der Waals surface area contributed by atoms with Crippen molar-refractivity contribution < 1.29 is 0 Å². The zero-order chi connectivity index (χ0) is 42.5. The number of fused-ring (bicyclic) bond motifs is 12. The lowest BCUT2D eigenvalue weighted by atomic mass is 9.82. The number of para-hydroxylation sites is 2. The topological polar surface area (TPSA) is 30.7 Å². The normalized spacial score (nSPS) is 13.0. The minimum absolute atomic E-state index is 0.136. The summed E-state index contributed by atoms with van der Waals surface area (Å²) in [6.45, 7) is 4.67. The molecule has 13 rings (SSSR count). The van der Waals surface area contributed by atoms with E-state index in [-0.39, 0.29) is 5.41 Å². The van der Waals surface area contributed by atoms with Gasteiger partial charge in [0.05, 0.1) is 22.4 Å². The van der Waals surface area contributed by atoms with Crippen molar-refractivity contribution in [1.29, 1.82) is 0 Å². The molecule has 12 aromatic rings. The first-order valence-corrected chi connectivity index (χ1v) is 22.1. The predicted octanol–water partition coefficient (Wildman–Crippen LogP) is 16.0. The van der Waals surface area contributed by atoms with Crippen molar-refractivity contribution in [3.8, 4) is 61.8 Å². The van der Waals surface area contributed by atoms with Gasteiger partial charge in [0.15, 0.2) is 5.82 Å². The first-order chi connectivity index (χ1) is 31.5. The third-order valence-corrected chi connectivity index (χ3v) is 13.8. The molecule has 3 nitrogen and oxygen atoms in total. The van der Waals surface area contributed by atoms with Crippen LogP contribution in [0.25, 0.3) is 116 Å². The molecule has 0 aliphatic heterocycles. The molecule has 3 heteroatoms. The van der Waals surface area contributed by atoms with Crippen LogP contribution in [0.1, 0.15) is 25.0 Å². The quantitative estimate of drug-likeness (QED) is 0.162. The molecule has 2 aromatic heterocycles. The Morgan fingerprint density at radius 3 is 1.53 bits per heavy atom. The smallest absolute Gasteiger partial charge is 0.160 e. The van der Waals surface area contributed by atoms with E-state index in [4.69, 9.17) is 9.97 Å². The molecule has 300 valence electrons. The van der Waals surface area contributed by atoms with E-state index in [1.807, 2.05) is 6.07 Å². The number of hydrogen-bond donors (Lipinski definition) is 0. The van der Waals surface area contributed by atoms with Gasteiger partial charge in [-0.15, -0.1) is 0 Å². The Labute approximate surface area is 371 Å². The second-order valence-corrected chi connectivity index (χ2v) is 17.7. The molecule has 2 heterocycles. The van der Waals surface area contributed by atoms with Gasteiger partial charge in [0, 0.05) is 38.6 Å². The number of hydrogen-bond acceptors (Lipinski definition) is 2. The maximum absolute atomic E-state index is 5.42. The number of rotatable bonds is 5. The fraction of sp³-hybridized carbons (Fsp3) is 0.0492. The lowest BCUT2D eigenvalue weighted by molar-refractivity contribution is 0.660.